The minimum atomic E-state index is -3.82. The molecule has 0 bridgehead atoms. The Morgan fingerprint density at radius 3 is 2.70 bits per heavy atom. The van der Waals surface area contributed by atoms with Crippen LogP contribution in [0.4, 0.5) is 20.3 Å². The molecule has 2 atom stereocenters. The third-order valence-electron chi connectivity index (χ3n) is 6.30. The molecule has 1 amide bonds. The Balaban J connectivity index is 1.39. The lowest BCUT2D eigenvalue weighted by atomic mass is 10.1. The van der Waals surface area contributed by atoms with Crippen LogP contribution in [0.25, 0.3) is 11.1 Å². The summed E-state index contributed by atoms with van der Waals surface area (Å²) in [6, 6.07) is 7.14. The first-order valence-corrected chi connectivity index (χ1v) is 12.4. The lowest BCUT2D eigenvalue weighted by molar-refractivity contribution is -0.0964. The number of aromatic nitrogens is 3. The maximum atomic E-state index is 13.0. The van der Waals surface area contributed by atoms with E-state index in [9.17, 15) is 18.7 Å². The molecule has 0 spiro atoms. The van der Waals surface area contributed by atoms with Crippen LogP contribution in [0.2, 0.25) is 0 Å². The van der Waals surface area contributed by atoms with Gasteiger partial charge in [-0.2, -0.15) is 5.10 Å². The topological polar surface area (TPSA) is 102 Å². The molecular formula is C25H26ClF2N5O4. The van der Waals surface area contributed by atoms with Crippen LogP contribution in [-0.2, 0) is 4.74 Å². The van der Waals surface area contributed by atoms with Gasteiger partial charge in [0.25, 0.3) is 5.91 Å². The molecule has 1 unspecified atom stereocenters. The molecule has 0 radical (unpaired) electrons. The number of nitrogens with zero attached hydrogens (tertiary/aromatic N) is 4. The number of aliphatic hydroxyl groups is 1. The number of ether oxygens (including phenoxy) is 2. The van der Waals surface area contributed by atoms with Gasteiger partial charge in [0.05, 0.1) is 17.9 Å². The van der Waals surface area contributed by atoms with E-state index in [0.29, 0.717) is 48.7 Å². The van der Waals surface area contributed by atoms with E-state index in [0.717, 1.165) is 24.8 Å². The lowest BCUT2D eigenvalue weighted by Crippen LogP contribution is -2.23. The molecule has 37 heavy (non-hydrogen) atoms. The second kappa shape index (κ2) is 10.6. The summed E-state index contributed by atoms with van der Waals surface area (Å²) in [5.74, 6) is 0.0832. The van der Waals surface area contributed by atoms with Gasteiger partial charge >= 0.3 is 5.57 Å². The molecule has 12 heteroatoms. The first-order valence-electron chi connectivity index (χ1n) is 12.0. The number of amides is 1. The number of anilines is 2. The molecule has 1 aromatic carbocycles. The molecule has 0 saturated carbocycles. The summed E-state index contributed by atoms with van der Waals surface area (Å²) in [4.78, 5) is 19.6. The molecule has 2 N–H and O–H groups in total. The fourth-order valence-electron chi connectivity index (χ4n) is 4.49. The van der Waals surface area contributed by atoms with Crippen LogP contribution < -0.4 is 15.0 Å². The minimum absolute atomic E-state index is 0.135. The van der Waals surface area contributed by atoms with Crippen LogP contribution in [-0.4, -0.2) is 57.1 Å². The highest BCUT2D eigenvalue weighted by Gasteiger charge is 2.28. The average molecular weight is 534 g/mol. The van der Waals surface area contributed by atoms with E-state index < -0.39 is 17.6 Å². The third-order valence-corrected chi connectivity index (χ3v) is 6.38. The van der Waals surface area contributed by atoms with Crippen LogP contribution in [0.3, 0.4) is 0 Å². The largest absolute Gasteiger partial charge is 0.487 e. The number of rotatable bonds is 7. The molecule has 5 rings (SSSR count). The Morgan fingerprint density at radius 1 is 1.22 bits per heavy atom. The zero-order valence-electron chi connectivity index (χ0n) is 19.8. The van der Waals surface area contributed by atoms with Crippen molar-refractivity contribution in [2.24, 2.45) is 0 Å². The molecule has 2 aliphatic rings. The van der Waals surface area contributed by atoms with E-state index in [2.05, 4.69) is 20.1 Å². The van der Waals surface area contributed by atoms with Gasteiger partial charge in [0.15, 0.2) is 0 Å². The van der Waals surface area contributed by atoms with Crippen molar-refractivity contribution >= 4 is 29.0 Å². The van der Waals surface area contributed by atoms with Gasteiger partial charge in [-0.1, -0.05) is 0 Å². The van der Waals surface area contributed by atoms with E-state index in [1.807, 2.05) is 11.1 Å². The van der Waals surface area contributed by atoms with Crippen molar-refractivity contribution in [2.45, 2.75) is 43.6 Å². The average Bonchev–Trinajstić information content (AvgIpc) is 3.54. The van der Waals surface area contributed by atoms with Gasteiger partial charge in [-0.15, -0.1) is 8.78 Å². The van der Waals surface area contributed by atoms with Crippen molar-refractivity contribution in [1.82, 2.24) is 14.8 Å². The number of hydrogen-bond acceptors (Lipinski definition) is 7. The number of aliphatic hydroxyl groups excluding tert-OH is 1. The summed E-state index contributed by atoms with van der Waals surface area (Å²) in [6.45, 7) is 1.78. The van der Waals surface area contributed by atoms with Crippen LogP contribution in [0, 0.1) is 0 Å². The quantitative estimate of drug-likeness (QED) is 0.427. The van der Waals surface area contributed by atoms with E-state index in [4.69, 9.17) is 16.3 Å². The van der Waals surface area contributed by atoms with E-state index >= 15 is 0 Å². The number of β-amino-alcohol motifs (C(OH)–C–C–N with tert-alkyl or cyclic N) is 1. The second-order valence-electron chi connectivity index (χ2n) is 9.04. The fourth-order valence-corrected chi connectivity index (χ4v) is 4.58. The van der Waals surface area contributed by atoms with Gasteiger partial charge in [0.2, 0.25) is 0 Å². The standard InChI is InChI=1S/C25H26ClF2N5O4/c26-25(27,28)37-20-6-4-18(5-7-20)31-24(35)16-11-21(23(29-12-16)32-9-8-19(34)15-32)17-13-30-33(14-17)22-3-1-2-10-36-22/h4-7,11-14,19,22,34H,1-3,8-10,15H2,(H,31,35)/t19-,22?/m1/s1. The number of nitrogens with one attached hydrogen (secondary N) is 1. The monoisotopic (exact) mass is 533 g/mol. The SMILES string of the molecule is O=C(Nc1ccc(OC(F)(F)Cl)cc1)c1cnc(N2CC[C@@H](O)C2)c(-c2cnn(C3CCCCO3)c2)c1. The normalized spacial score (nSPS) is 20.2. The van der Waals surface area contributed by atoms with Gasteiger partial charge in [-0.05, 0) is 56.0 Å². The number of hydrogen-bond donors (Lipinski definition) is 2. The summed E-state index contributed by atoms with van der Waals surface area (Å²) in [6.07, 6.45) is 8.10. The number of pyridine rings is 1. The van der Waals surface area contributed by atoms with Crippen molar-refractivity contribution < 1.29 is 28.2 Å². The molecule has 2 fully saturated rings. The van der Waals surface area contributed by atoms with Gasteiger partial charge < -0.3 is 24.8 Å². The van der Waals surface area contributed by atoms with Crippen molar-refractivity contribution in [3.63, 3.8) is 0 Å². The van der Waals surface area contributed by atoms with Crippen molar-refractivity contribution in [3.05, 3.63) is 54.5 Å². The molecule has 0 aliphatic carbocycles. The van der Waals surface area contributed by atoms with Gasteiger partial charge in [0.1, 0.15) is 17.8 Å². The minimum Gasteiger partial charge on any atom is -0.420 e. The van der Waals surface area contributed by atoms with Crippen LogP contribution in [0.15, 0.2) is 48.9 Å². The molecule has 3 aromatic rings. The maximum absolute atomic E-state index is 13.0. The van der Waals surface area contributed by atoms with Gasteiger partial charge in [-0.25, -0.2) is 9.67 Å². The molecule has 9 nitrogen and oxygen atoms in total. The number of alkyl halides is 3. The third kappa shape index (κ3) is 6.17. The Bertz CT molecular complexity index is 1240. The summed E-state index contributed by atoms with van der Waals surface area (Å²) < 4.78 is 37.6. The molecule has 4 heterocycles. The van der Waals surface area contributed by atoms with Crippen LogP contribution in [0.5, 0.6) is 5.75 Å². The maximum Gasteiger partial charge on any atom is 0.487 e. The first kappa shape index (κ1) is 25.4. The van der Waals surface area contributed by atoms with Crippen molar-refractivity contribution in [2.75, 3.05) is 29.9 Å². The van der Waals surface area contributed by atoms with E-state index in [1.54, 1.807) is 16.9 Å². The molecule has 2 aromatic heterocycles. The van der Waals surface area contributed by atoms with Crippen LogP contribution in [0.1, 0.15) is 42.3 Å². The lowest BCUT2D eigenvalue weighted by Gasteiger charge is -2.22. The molecular weight excluding hydrogens is 508 g/mol. The summed E-state index contributed by atoms with van der Waals surface area (Å²) in [7, 11) is 0. The zero-order chi connectivity index (χ0) is 26.0. The molecule has 2 aliphatic heterocycles. The van der Waals surface area contributed by atoms with Crippen molar-refractivity contribution in [3.8, 4) is 16.9 Å². The fraction of sp³-hybridized carbons (Fsp3) is 0.400. The number of carbonyl (C=O) groups excluding carboxylic acids is 1. The Hall–Kier alpha value is -3.28. The zero-order valence-corrected chi connectivity index (χ0v) is 20.6. The predicted molar refractivity (Wildman–Crippen MR) is 133 cm³/mol. The number of halogens is 3. The number of carbonyl (C=O) groups is 1. The Labute approximate surface area is 217 Å². The van der Waals surface area contributed by atoms with Crippen LogP contribution >= 0.6 is 11.6 Å². The van der Waals surface area contributed by atoms with E-state index in [1.165, 1.54) is 30.5 Å². The highest BCUT2D eigenvalue weighted by atomic mass is 35.5. The van der Waals surface area contributed by atoms with Crippen molar-refractivity contribution in [1.29, 1.82) is 0 Å². The first-order chi connectivity index (χ1) is 17.7. The Kier molecular flexibility index (Phi) is 7.27. The highest BCUT2D eigenvalue weighted by Crippen LogP contribution is 2.33. The van der Waals surface area contributed by atoms with Gasteiger partial charge in [-0.3, -0.25) is 4.79 Å². The predicted octanol–water partition coefficient (Wildman–Crippen LogP) is 4.64. The molecule has 2 saturated heterocycles. The summed E-state index contributed by atoms with van der Waals surface area (Å²) >= 11 is 4.79. The van der Waals surface area contributed by atoms with Gasteiger partial charge in [0, 0.05) is 60.5 Å². The highest BCUT2D eigenvalue weighted by molar-refractivity contribution is 6.20. The Morgan fingerprint density at radius 2 is 2.03 bits per heavy atom. The van der Waals surface area contributed by atoms with E-state index in [-0.39, 0.29) is 12.0 Å². The smallest absolute Gasteiger partial charge is 0.420 e. The second-order valence-corrected chi connectivity index (χ2v) is 9.48. The summed E-state index contributed by atoms with van der Waals surface area (Å²) in [5, 5.41) is 17.3. The molecule has 196 valence electrons. The number of benzene rings is 1. The summed E-state index contributed by atoms with van der Waals surface area (Å²) in [5.41, 5.74) is -1.66.